The van der Waals surface area contributed by atoms with Gasteiger partial charge in [-0.1, -0.05) is 12.1 Å². The summed E-state index contributed by atoms with van der Waals surface area (Å²) in [5, 5.41) is 2.75. The molecule has 2 rings (SSSR count). The van der Waals surface area contributed by atoms with Gasteiger partial charge in [0.05, 0.1) is 24.6 Å². The van der Waals surface area contributed by atoms with E-state index in [0.717, 1.165) is 16.1 Å². The van der Waals surface area contributed by atoms with Crippen LogP contribution in [0.25, 0.3) is 0 Å². The molecule has 0 spiro atoms. The van der Waals surface area contributed by atoms with Gasteiger partial charge < -0.3 is 10.1 Å². The molecular weight excluding hydrogens is 368 g/mol. The first-order valence-corrected chi connectivity index (χ1v) is 10.1. The summed E-state index contributed by atoms with van der Waals surface area (Å²) < 4.78 is 30.0. The first-order valence-electron chi connectivity index (χ1n) is 8.23. The van der Waals surface area contributed by atoms with Gasteiger partial charge in [-0.3, -0.25) is 9.10 Å². The largest absolute Gasteiger partial charge is 0.465 e. The highest BCUT2D eigenvalue weighted by Crippen LogP contribution is 2.19. The lowest BCUT2D eigenvalue weighted by Gasteiger charge is -2.22. The topological polar surface area (TPSA) is 92.8 Å². The van der Waals surface area contributed by atoms with Crippen molar-refractivity contribution in [2.24, 2.45) is 0 Å². The minimum absolute atomic E-state index is 0.0141. The molecular formula is C19H22N2O5S. The number of benzene rings is 2. The summed E-state index contributed by atoms with van der Waals surface area (Å²) in [6, 6.07) is 13.3. The average molecular weight is 390 g/mol. The molecule has 0 aliphatic heterocycles. The Hall–Kier alpha value is -2.87. The number of nitrogens with zero attached hydrogens (tertiary/aromatic N) is 1. The molecule has 1 N–H and O–H groups in total. The van der Waals surface area contributed by atoms with E-state index in [-0.39, 0.29) is 18.9 Å². The number of hydrogen-bond acceptors (Lipinski definition) is 5. The third-order valence-electron chi connectivity index (χ3n) is 3.82. The van der Waals surface area contributed by atoms with Crippen molar-refractivity contribution in [1.29, 1.82) is 0 Å². The smallest absolute Gasteiger partial charge is 0.337 e. The lowest BCUT2D eigenvalue weighted by molar-refractivity contribution is -0.116. The van der Waals surface area contributed by atoms with E-state index in [1.54, 1.807) is 6.07 Å². The van der Waals surface area contributed by atoms with E-state index in [2.05, 4.69) is 10.1 Å². The van der Waals surface area contributed by atoms with Crippen LogP contribution in [0.15, 0.2) is 48.5 Å². The molecule has 0 fully saturated rings. The number of esters is 1. The number of methoxy groups -OCH3 is 1. The molecule has 144 valence electrons. The van der Waals surface area contributed by atoms with E-state index in [0.29, 0.717) is 16.9 Å². The van der Waals surface area contributed by atoms with E-state index >= 15 is 0 Å². The summed E-state index contributed by atoms with van der Waals surface area (Å²) in [4.78, 5) is 23.7. The third kappa shape index (κ3) is 5.82. The minimum Gasteiger partial charge on any atom is -0.465 e. The number of amides is 1. The predicted octanol–water partition coefficient (Wildman–Crippen LogP) is 2.58. The molecule has 0 unspecified atom stereocenters. The van der Waals surface area contributed by atoms with E-state index in [4.69, 9.17) is 0 Å². The van der Waals surface area contributed by atoms with Gasteiger partial charge in [0.2, 0.25) is 15.9 Å². The van der Waals surface area contributed by atoms with Crippen LogP contribution in [0.5, 0.6) is 0 Å². The number of sulfonamides is 1. The maximum atomic E-state index is 12.2. The summed E-state index contributed by atoms with van der Waals surface area (Å²) in [5.74, 6) is -0.801. The number of carbonyl (C=O) groups excluding carboxylic acids is 2. The van der Waals surface area contributed by atoms with Crippen molar-refractivity contribution in [3.8, 4) is 0 Å². The monoisotopic (exact) mass is 390 g/mol. The van der Waals surface area contributed by atoms with Gasteiger partial charge in [0.25, 0.3) is 0 Å². The van der Waals surface area contributed by atoms with Crippen molar-refractivity contribution in [2.45, 2.75) is 13.3 Å². The summed E-state index contributed by atoms with van der Waals surface area (Å²) >= 11 is 0. The lowest BCUT2D eigenvalue weighted by Crippen LogP contribution is -2.33. The highest BCUT2D eigenvalue weighted by Gasteiger charge is 2.19. The quantitative estimate of drug-likeness (QED) is 0.734. The van der Waals surface area contributed by atoms with E-state index in [9.17, 15) is 18.0 Å². The van der Waals surface area contributed by atoms with Gasteiger partial charge in [-0.2, -0.15) is 0 Å². The molecule has 0 aliphatic rings. The molecule has 1 amide bonds. The number of rotatable bonds is 7. The van der Waals surface area contributed by atoms with Crippen LogP contribution in [-0.4, -0.2) is 40.2 Å². The highest BCUT2D eigenvalue weighted by atomic mass is 32.2. The Labute approximate surface area is 159 Å². The van der Waals surface area contributed by atoms with Crippen LogP contribution in [-0.2, 0) is 19.6 Å². The van der Waals surface area contributed by atoms with Crippen LogP contribution in [0.4, 0.5) is 11.4 Å². The van der Waals surface area contributed by atoms with Crippen LogP contribution in [0.1, 0.15) is 22.3 Å². The summed E-state index contributed by atoms with van der Waals surface area (Å²) in [6.45, 7) is 1.90. The summed E-state index contributed by atoms with van der Waals surface area (Å²) in [5.41, 5.74) is 2.35. The predicted molar refractivity (Wildman–Crippen MR) is 104 cm³/mol. The molecule has 0 radical (unpaired) electrons. The fourth-order valence-corrected chi connectivity index (χ4v) is 3.45. The van der Waals surface area contributed by atoms with Gasteiger partial charge in [-0.25, -0.2) is 13.2 Å². The number of ether oxygens (including phenoxy) is 1. The van der Waals surface area contributed by atoms with Crippen LogP contribution in [0.3, 0.4) is 0 Å². The standard InChI is InChI=1S/C19H22N2O5S/c1-14-5-4-6-16(13-14)20-18(22)11-12-21(27(3,24)25)17-9-7-15(8-10-17)19(23)26-2/h4-10,13H,11-12H2,1-3H3,(H,20,22). The second-order valence-corrected chi connectivity index (χ2v) is 7.95. The molecule has 0 aromatic heterocycles. The number of anilines is 2. The number of nitrogens with one attached hydrogen (secondary N) is 1. The maximum absolute atomic E-state index is 12.2. The van der Waals surface area contributed by atoms with Crippen molar-refractivity contribution >= 4 is 33.3 Å². The molecule has 0 aliphatic carbocycles. The zero-order chi connectivity index (χ0) is 20.0. The first kappa shape index (κ1) is 20.4. The van der Waals surface area contributed by atoms with Crippen molar-refractivity contribution in [3.05, 3.63) is 59.7 Å². The summed E-state index contributed by atoms with van der Waals surface area (Å²) in [6.07, 6.45) is 1.06. The molecule has 7 nitrogen and oxygen atoms in total. The fraction of sp³-hybridized carbons (Fsp3) is 0.263. The van der Waals surface area contributed by atoms with Gasteiger partial charge >= 0.3 is 5.97 Å². The molecule has 2 aromatic rings. The Morgan fingerprint density at radius 2 is 1.78 bits per heavy atom. The van der Waals surface area contributed by atoms with Crippen molar-refractivity contribution in [2.75, 3.05) is 29.5 Å². The molecule has 27 heavy (non-hydrogen) atoms. The Balaban J connectivity index is 2.09. The minimum atomic E-state index is -3.59. The Morgan fingerprint density at radius 1 is 1.11 bits per heavy atom. The average Bonchev–Trinajstić information content (AvgIpc) is 2.60. The van der Waals surface area contributed by atoms with Gasteiger partial charge in [-0.15, -0.1) is 0 Å². The molecule has 0 saturated heterocycles. The van der Waals surface area contributed by atoms with E-state index < -0.39 is 16.0 Å². The number of aryl methyl sites for hydroxylation is 1. The number of hydrogen-bond donors (Lipinski definition) is 1. The normalized spacial score (nSPS) is 10.9. The fourth-order valence-electron chi connectivity index (χ4n) is 2.52. The highest BCUT2D eigenvalue weighted by molar-refractivity contribution is 7.92. The van der Waals surface area contributed by atoms with Gasteiger partial charge in [0.15, 0.2) is 0 Å². The van der Waals surface area contributed by atoms with E-state index in [1.165, 1.54) is 31.4 Å². The molecule has 8 heteroatoms. The molecule has 0 saturated carbocycles. The van der Waals surface area contributed by atoms with Gasteiger partial charge in [0.1, 0.15) is 0 Å². The Morgan fingerprint density at radius 3 is 2.33 bits per heavy atom. The maximum Gasteiger partial charge on any atom is 0.337 e. The van der Waals surface area contributed by atoms with Crippen molar-refractivity contribution in [3.63, 3.8) is 0 Å². The van der Waals surface area contributed by atoms with E-state index in [1.807, 2.05) is 25.1 Å². The van der Waals surface area contributed by atoms with Crippen LogP contribution in [0, 0.1) is 6.92 Å². The third-order valence-corrected chi connectivity index (χ3v) is 5.01. The second-order valence-electron chi connectivity index (χ2n) is 6.04. The Bertz CT molecular complexity index is 923. The number of carbonyl (C=O) groups is 2. The molecule has 0 bridgehead atoms. The van der Waals surface area contributed by atoms with Crippen LogP contribution < -0.4 is 9.62 Å². The SMILES string of the molecule is COC(=O)c1ccc(N(CCC(=O)Nc2cccc(C)c2)S(C)(=O)=O)cc1. The van der Waals surface area contributed by atoms with Gasteiger partial charge in [0, 0.05) is 18.7 Å². The zero-order valence-corrected chi connectivity index (χ0v) is 16.2. The van der Waals surface area contributed by atoms with Crippen LogP contribution in [0.2, 0.25) is 0 Å². The Kier molecular flexibility index (Phi) is 6.57. The molecule has 0 atom stereocenters. The van der Waals surface area contributed by atoms with Gasteiger partial charge in [-0.05, 0) is 48.9 Å². The molecule has 0 heterocycles. The second kappa shape index (κ2) is 8.68. The zero-order valence-electron chi connectivity index (χ0n) is 15.4. The first-order chi connectivity index (χ1) is 12.7. The summed E-state index contributed by atoms with van der Waals surface area (Å²) in [7, 11) is -2.32. The lowest BCUT2D eigenvalue weighted by atomic mass is 10.2. The van der Waals surface area contributed by atoms with Crippen LogP contribution >= 0.6 is 0 Å². The van der Waals surface area contributed by atoms with Crippen molar-refractivity contribution < 1.29 is 22.7 Å². The molecule has 2 aromatic carbocycles. The van der Waals surface area contributed by atoms with Crippen molar-refractivity contribution in [1.82, 2.24) is 0 Å².